The van der Waals surface area contributed by atoms with Gasteiger partial charge in [-0.3, -0.25) is 4.79 Å². The van der Waals surface area contributed by atoms with Gasteiger partial charge in [0.15, 0.2) is 16.6 Å². The van der Waals surface area contributed by atoms with E-state index in [4.69, 9.17) is 30.5 Å². The lowest BCUT2D eigenvalue weighted by molar-refractivity contribution is -0.118. The van der Waals surface area contributed by atoms with Crippen LogP contribution in [0.2, 0.25) is 23.2 Å². The molecule has 0 unspecified atom stereocenters. The van der Waals surface area contributed by atoms with Crippen LogP contribution in [0.3, 0.4) is 0 Å². The third-order valence-corrected chi connectivity index (χ3v) is 14.9. The third-order valence-electron chi connectivity index (χ3n) is 9.06. The summed E-state index contributed by atoms with van der Waals surface area (Å²) in [7, 11) is -1.97. The van der Waals surface area contributed by atoms with Crippen molar-refractivity contribution in [2.24, 2.45) is 0 Å². The standard InChI is InChI=1S/C32H38ClN3O4SSi/c1-20-28(41-30(34-20)35-29(37)32(14-15-32)21-11-12-25-26(17-21)39-19-38-25)27(23-9-7-8-10-24(23)33)36-16-13-22(18-36)40-42(5,6)31(2,3)4/h7-12,17-18,27H,13-16,19H2,1-6H3,(H,34,35,37)/t27-/m1/s1. The molecule has 0 saturated heterocycles. The molecule has 1 aromatic heterocycles. The molecule has 0 bridgehead atoms. The maximum atomic E-state index is 13.7. The van der Waals surface area contributed by atoms with Crippen LogP contribution in [-0.4, -0.2) is 37.4 Å². The van der Waals surface area contributed by atoms with Crippen molar-refractivity contribution >= 4 is 42.3 Å². The normalized spacial score (nSPS) is 18.1. The maximum Gasteiger partial charge on any atom is 0.250 e. The molecule has 1 fully saturated rings. The number of hydrogen-bond acceptors (Lipinski definition) is 7. The van der Waals surface area contributed by atoms with Gasteiger partial charge in [-0.25, -0.2) is 4.98 Å². The Balaban J connectivity index is 1.28. The molecule has 1 aliphatic carbocycles. The molecule has 6 rings (SSSR count). The molecule has 0 radical (unpaired) electrons. The highest BCUT2D eigenvalue weighted by Gasteiger charge is 2.52. The zero-order valence-electron chi connectivity index (χ0n) is 25.0. The van der Waals surface area contributed by atoms with Crippen molar-refractivity contribution in [1.82, 2.24) is 9.88 Å². The van der Waals surface area contributed by atoms with Crippen molar-refractivity contribution in [1.29, 1.82) is 0 Å². The third kappa shape index (κ3) is 5.31. The number of aryl methyl sites for hydroxylation is 1. The summed E-state index contributed by atoms with van der Waals surface area (Å²) in [5, 5.41) is 4.56. The first-order valence-corrected chi connectivity index (χ1v) is 18.6. The minimum atomic E-state index is -1.97. The van der Waals surface area contributed by atoms with E-state index in [0.29, 0.717) is 15.9 Å². The molecule has 3 aromatic rings. The summed E-state index contributed by atoms with van der Waals surface area (Å²) in [4.78, 5) is 21.8. The molecule has 1 atom stereocenters. The number of anilines is 1. The van der Waals surface area contributed by atoms with Crippen LogP contribution in [0.4, 0.5) is 5.13 Å². The fourth-order valence-electron chi connectivity index (χ4n) is 5.38. The van der Waals surface area contributed by atoms with Crippen LogP contribution < -0.4 is 14.8 Å². The van der Waals surface area contributed by atoms with Gasteiger partial charge in [-0.05, 0) is 67.2 Å². The van der Waals surface area contributed by atoms with Crippen molar-refractivity contribution in [3.8, 4) is 11.5 Å². The lowest BCUT2D eigenvalue weighted by Gasteiger charge is -2.36. The molecule has 1 amide bonds. The zero-order chi connectivity index (χ0) is 29.9. The fourth-order valence-corrected chi connectivity index (χ4v) is 7.84. The van der Waals surface area contributed by atoms with Crippen LogP contribution in [0.5, 0.6) is 11.5 Å². The molecule has 10 heteroatoms. The largest absolute Gasteiger partial charge is 0.545 e. The number of carbonyl (C=O) groups excluding carboxylic acids is 1. The molecule has 2 aliphatic heterocycles. The molecule has 1 N–H and O–H groups in total. The Hall–Kier alpha value is -3.01. The summed E-state index contributed by atoms with van der Waals surface area (Å²) in [6.45, 7) is 14.4. The lowest BCUT2D eigenvalue weighted by Crippen LogP contribution is -2.40. The average molecular weight is 624 g/mol. The Bertz CT molecular complexity index is 1560. The van der Waals surface area contributed by atoms with Gasteiger partial charge in [0.1, 0.15) is 0 Å². The molecular formula is C32H38ClN3O4SSi. The minimum Gasteiger partial charge on any atom is -0.545 e. The second-order valence-corrected chi connectivity index (χ2v) is 19.1. The number of carbonyl (C=O) groups is 1. The number of thiazole rings is 1. The second kappa shape index (κ2) is 10.6. The zero-order valence-corrected chi connectivity index (χ0v) is 27.6. The first kappa shape index (κ1) is 29.1. The van der Waals surface area contributed by atoms with Crippen LogP contribution in [0, 0.1) is 6.92 Å². The number of fused-ring (bicyclic) bond motifs is 1. The SMILES string of the molecule is Cc1nc(NC(=O)C2(c3ccc4c(c3)OCO4)CC2)sc1[C@@H](c1ccccc1Cl)N1C=C(O[Si](C)(C)C(C)(C)C)CC1. The fraction of sp³-hybridized carbons (Fsp3) is 0.438. The van der Waals surface area contributed by atoms with Crippen LogP contribution >= 0.6 is 22.9 Å². The number of aromatic nitrogens is 1. The summed E-state index contributed by atoms with van der Waals surface area (Å²) in [5.41, 5.74) is 2.26. The van der Waals surface area contributed by atoms with Crippen LogP contribution in [-0.2, 0) is 14.6 Å². The van der Waals surface area contributed by atoms with Gasteiger partial charge >= 0.3 is 0 Å². The van der Waals surface area contributed by atoms with Gasteiger partial charge in [-0.2, -0.15) is 0 Å². The summed E-state index contributed by atoms with van der Waals surface area (Å²) >= 11 is 8.31. The molecule has 1 saturated carbocycles. The topological polar surface area (TPSA) is 72.9 Å². The van der Waals surface area contributed by atoms with Gasteiger partial charge in [0.05, 0.1) is 27.8 Å². The molecule has 0 spiro atoms. The lowest BCUT2D eigenvalue weighted by atomic mass is 9.94. The van der Waals surface area contributed by atoms with Gasteiger partial charge in [0, 0.05) is 24.2 Å². The number of nitrogens with one attached hydrogen (secondary N) is 1. The monoisotopic (exact) mass is 623 g/mol. The van der Waals surface area contributed by atoms with E-state index in [0.717, 1.165) is 59.0 Å². The van der Waals surface area contributed by atoms with Gasteiger partial charge in [0.2, 0.25) is 21.0 Å². The average Bonchev–Trinajstić information content (AvgIpc) is 3.20. The highest BCUT2D eigenvalue weighted by atomic mass is 35.5. The summed E-state index contributed by atoms with van der Waals surface area (Å²) < 4.78 is 17.7. The Kier molecular flexibility index (Phi) is 7.34. The van der Waals surface area contributed by atoms with Crippen molar-refractivity contribution < 1.29 is 18.7 Å². The van der Waals surface area contributed by atoms with E-state index in [9.17, 15) is 4.79 Å². The predicted octanol–water partition coefficient (Wildman–Crippen LogP) is 8.16. The molecule has 2 aromatic carbocycles. The summed E-state index contributed by atoms with van der Waals surface area (Å²) in [6.07, 6.45) is 4.57. The minimum absolute atomic E-state index is 0.0397. The number of hydrogen-bond donors (Lipinski definition) is 1. The predicted molar refractivity (Wildman–Crippen MR) is 170 cm³/mol. The number of nitrogens with zero attached hydrogens (tertiary/aromatic N) is 2. The second-order valence-electron chi connectivity index (χ2n) is 12.9. The van der Waals surface area contributed by atoms with Crippen LogP contribution in [0.25, 0.3) is 0 Å². The van der Waals surface area contributed by atoms with Crippen LogP contribution in [0.1, 0.15) is 67.8 Å². The van der Waals surface area contributed by atoms with Crippen molar-refractivity contribution in [2.45, 2.75) is 76.5 Å². The number of benzene rings is 2. The Morgan fingerprint density at radius 1 is 1.17 bits per heavy atom. The number of amides is 1. The van der Waals surface area contributed by atoms with E-state index in [1.807, 2.05) is 43.3 Å². The van der Waals surface area contributed by atoms with Gasteiger partial charge in [-0.15, -0.1) is 0 Å². The number of rotatable bonds is 8. The first-order chi connectivity index (χ1) is 19.9. The van der Waals surface area contributed by atoms with Gasteiger partial charge < -0.3 is 24.1 Å². The van der Waals surface area contributed by atoms with Crippen molar-refractivity contribution in [3.05, 3.63) is 81.1 Å². The number of halogens is 1. The summed E-state index contributed by atoms with van der Waals surface area (Å²) in [6, 6.07) is 13.6. The molecule has 42 heavy (non-hydrogen) atoms. The Labute approximate surface area is 258 Å². The Morgan fingerprint density at radius 3 is 2.62 bits per heavy atom. The maximum absolute atomic E-state index is 13.7. The van der Waals surface area contributed by atoms with E-state index < -0.39 is 13.7 Å². The van der Waals surface area contributed by atoms with E-state index in [-0.39, 0.29) is 23.8 Å². The molecular weight excluding hydrogens is 586 g/mol. The molecule has 222 valence electrons. The van der Waals surface area contributed by atoms with Crippen LogP contribution in [0.15, 0.2) is 54.4 Å². The van der Waals surface area contributed by atoms with Gasteiger partial charge in [-0.1, -0.05) is 68.0 Å². The quantitative estimate of drug-likeness (QED) is 0.255. The van der Waals surface area contributed by atoms with Crippen molar-refractivity contribution in [2.75, 3.05) is 18.7 Å². The highest BCUT2D eigenvalue weighted by molar-refractivity contribution is 7.16. The van der Waals surface area contributed by atoms with E-state index in [2.05, 4.69) is 56.3 Å². The smallest absolute Gasteiger partial charge is 0.250 e. The van der Waals surface area contributed by atoms with E-state index in [1.54, 1.807) is 0 Å². The first-order valence-electron chi connectivity index (χ1n) is 14.5. The Morgan fingerprint density at radius 2 is 1.90 bits per heavy atom. The molecule has 3 heterocycles. The highest BCUT2D eigenvalue weighted by Crippen LogP contribution is 2.51. The van der Waals surface area contributed by atoms with Gasteiger partial charge in [0.25, 0.3) is 0 Å². The van der Waals surface area contributed by atoms with E-state index >= 15 is 0 Å². The molecule has 3 aliphatic rings. The van der Waals surface area contributed by atoms with Crippen molar-refractivity contribution in [3.63, 3.8) is 0 Å². The van der Waals surface area contributed by atoms with E-state index in [1.165, 1.54) is 11.3 Å². The summed E-state index contributed by atoms with van der Waals surface area (Å²) in [5.74, 6) is 2.39. The molecule has 7 nitrogen and oxygen atoms in total. The number of ether oxygens (including phenoxy) is 2.